The van der Waals surface area contributed by atoms with E-state index in [9.17, 15) is 23.1 Å². The summed E-state index contributed by atoms with van der Waals surface area (Å²) in [6.45, 7) is 1.48. The maximum atomic E-state index is 13.3. The van der Waals surface area contributed by atoms with Crippen molar-refractivity contribution in [2.75, 3.05) is 26.7 Å². The molecule has 1 fully saturated rings. The van der Waals surface area contributed by atoms with Gasteiger partial charge in [0.05, 0.1) is 5.54 Å². The van der Waals surface area contributed by atoms with Crippen LogP contribution in [0.1, 0.15) is 30.3 Å². The lowest BCUT2D eigenvalue weighted by atomic mass is 9.81. The Morgan fingerprint density at radius 2 is 2.00 bits per heavy atom. The Bertz CT molecular complexity index is 591. The van der Waals surface area contributed by atoms with Gasteiger partial charge in [-0.25, -0.2) is 4.79 Å². The van der Waals surface area contributed by atoms with Crippen molar-refractivity contribution in [2.24, 2.45) is 0 Å². The summed E-state index contributed by atoms with van der Waals surface area (Å²) in [5, 5.41) is 12.6. The lowest BCUT2D eigenvalue weighted by Gasteiger charge is -2.50. The van der Waals surface area contributed by atoms with Crippen LogP contribution in [0.5, 0.6) is 0 Å². The number of alkyl halides is 3. The van der Waals surface area contributed by atoms with Crippen LogP contribution in [0.15, 0.2) is 12.1 Å². The minimum atomic E-state index is -4.56. The van der Waals surface area contributed by atoms with Gasteiger partial charge in [0.2, 0.25) is 0 Å². The van der Waals surface area contributed by atoms with E-state index in [1.807, 2.05) is 4.90 Å². The molecule has 1 saturated heterocycles. The van der Waals surface area contributed by atoms with Crippen molar-refractivity contribution in [1.82, 2.24) is 14.8 Å². The zero-order valence-corrected chi connectivity index (χ0v) is 12.2. The van der Waals surface area contributed by atoms with E-state index in [1.54, 1.807) is 7.05 Å². The number of fused-ring (bicyclic) bond motifs is 2. The molecule has 0 aliphatic carbocycles. The van der Waals surface area contributed by atoms with Crippen LogP contribution in [0, 0.1) is 0 Å². The smallest absolute Gasteiger partial charge is 0.431 e. The second kappa shape index (κ2) is 4.99. The number of aliphatic carboxylic acids is 1. The molecule has 2 aliphatic rings. The van der Waals surface area contributed by atoms with Crippen LogP contribution in [0.4, 0.5) is 13.2 Å². The monoisotopic (exact) mass is 317 g/mol. The first-order valence-electron chi connectivity index (χ1n) is 7.21. The first-order valence-corrected chi connectivity index (χ1v) is 7.21. The molecule has 1 aromatic heterocycles. The van der Waals surface area contributed by atoms with Crippen LogP contribution in [-0.2, 0) is 16.5 Å². The number of aromatic nitrogens is 1. The van der Waals surface area contributed by atoms with Gasteiger partial charge >= 0.3 is 12.1 Å². The Morgan fingerprint density at radius 3 is 2.55 bits per heavy atom. The van der Waals surface area contributed by atoms with E-state index in [1.165, 1.54) is 6.07 Å². The number of rotatable bonds is 1. The van der Waals surface area contributed by atoms with Crippen molar-refractivity contribution in [3.05, 3.63) is 23.5 Å². The zero-order valence-electron chi connectivity index (χ0n) is 12.2. The highest BCUT2D eigenvalue weighted by molar-refractivity contribution is 5.73. The minimum Gasteiger partial charge on any atom is -0.480 e. The molecular formula is C14H18F3N3O2. The van der Waals surface area contributed by atoms with Gasteiger partial charge in [-0.05, 0) is 45.1 Å². The topological polar surface area (TPSA) is 57.5 Å². The average molecular weight is 317 g/mol. The van der Waals surface area contributed by atoms with Gasteiger partial charge in [-0.15, -0.1) is 0 Å². The highest BCUT2D eigenvalue weighted by atomic mass is 19.4. The van der Waals surface area contributed by atoms with Crippen molar-refractivity contribution in [1.29, 1.82) is 0 Å². The SMILES string of the molecule is CN1CC(C(=O)O)n2c(C(F)(F)F)ccc2C12CCNCC2. The van der Waals surface area contributed by atoms with Gasteiger partial charge in [-0.2, -0.15) is 13.2 Å². The van der Waals surface area contributed by atoms with Crippen molar-refractivity contribution in [3.63, 3.8) is 0 Å². The number of carboxylic acids is 1. The molecule has 8 heteroatoms. The highest BCUT2D eigenvalue weighted by Gasteiger charge is 2.50. The zero-order chi connectivity index (χ0) is 16.1. The van der Waals surface area contributed by atoms with Gasteiger partial charge < -0.3 is 15.0 Å². The van der Waals surface area contributed by atoms with Crippen LogP contribution in [0.3, 0.4) is 0 Å². The standard InChI is InChI=1S/C14H18F3N3O2/c1-19-8-9(12(21)22)20-10(2-3-11(20)14(15,16)17)13(19)4-6-18-7-5-13/h2-3,9,18H,4-8H2,1H3,(H,21,22). The van der Waals surface area contributed by atoms with Crippen LogP contribution in [-0.4, -0.2) is 47.2 Å². The van der Waals surface area contributed by atoms with Crippen molar-refractivity contribution in [2.45, 2.75) is 30.6 Å². The molecule has 1 atom stereocenters. The van der Waals surface area contributed by atoms with Crippen LogP contribution >= 0.6 is 0 Å². The molecule has 0 amide bonds. The summed E-state index contributed by atoms with van der Waals surface area (Å²) in [7, 11) is 1.80. The number of nitrogens with one attached hydrogen (secondary N) is 1. The molecule has 5 nitrogen and oxygen atoms in total. The van der Waals surface area contributed by atoms with Gasteiger partial charge in [-0.1, -0.05) is 0 Å². The molecule has 0 bridgehead atoms. The summed E-state index contributed by atoms with van der Waals surface area (Å²) >= 11 is 0. The molecule has 1 unspecified atom stereocenters. The van der Waals surface area contributed by atoms with E-state index < -0.39 is 29.4 Å². The van der Waals surface area contributed by atoms with Crippen LogP contribution in [0.25, 0.3) is 0 Å². The van der Waals surface area contributed by atoms with Gasteiger partial charge in [-0.3, -0.25) is 4.90 Å². The van der Waals surface area contributed by atoms with E-state index in [-0.39, 0.29) is 6.54 Å². The number of nitrogens with zero attached hydrogens (tertiary/aromatic N) is 2. The van der Waals surface area contributed by atoms with Gasteiger partial charge in [0.1, 0.15) is 11.7 Å². The fourth-order valence-corrected chi connectivity index (χ4v) is 3.77. The molecule has 1 spiro atoms. The van der Waals surface area contributed by atoms with Crippen LogP contribution in [0.2, 0.25) is 0 Å². The number of halogens is 3. The fourth-order valence-electron chi connectivity index (χ4n) is 3.77. The number of hydrogen-bond acceptors (Lipinski definition) is 3. The summed E-state index contributed by atoms with van der Waals surface area (Å²) in [5.74, 6) is -1.24. The normalized spacial score (nSPS) is 25.2. The van der Waals surface area contributed by atoms with Crippen molar-refractivity contribution >= 4 is 5.97 Å². The molecule has 0 aromatic carbocycles. The third-order valence-corrected chi connectivity index (χ3v) is 4.89. The van der Waals surface area contributed by atoms with Gasteiger partial charge in [0, 0.05) is 12.2 Å². The van der Waals surface area contributed by atoms with Gasteiger partial charge in [0.25, 0.3) is 0 Å². The summed E-state index contributed by atoms with van der Waals surface area (Å²) in [6.07, 6.45) is -3.23. The summed E-state index contributed by atoms with van der Waals surface area (Å²) in [4.78, 5) is 13.4. The predicted octanol–water partition coefficient (Wildman–Crippen LogP) is 1.66. The molecule has 122 valence electrons. The van der Waals surface area contributed by atoms with E-state index in [2.05, 4.69) is 5.32 Å². The first-order chi connectivity index (χ1) is 10.3. The van der Waals surface area contributed by atoms with Crippen molar-refractivity contribution < 1.29 is 23.1 Å². The lowest BCUT2D eigenvalue weighted by Crippen LogP contribution is -2.57. The van der Waals surface area contributed by atoms with E-state index in [0.29, 0.717) is 31.6 Å². The number of carbonyl (C=O) groups is 1. The molecule has 2 N–H and O–H groups in total. The summed E-state index contributed by atoms with van der Waals surface area (Å²) < 4.78 is 40.8. The average Bonchev–Trinajstić information content (AvgIpc) is 2.89. The summed E-state index contributed by atoms with van der Waals surface area (Å²) in [5.41, 5.74) is -0.941. The fraction of sp³-hybridized carbons (Fsp3) is 0.643. The number of likely N-dealkylation sites (N-methyl/N-ethyl adjacent to an activating group) is 1. The Kier molecular flexibility index (Phi) is 3.48. The van der Waals surface area contributed by atoms with Crippen LogP contribution < -0.4 is 5.32 Å². The molecule has 0 saturated carbocycles. The quantitative estimate of drug-likeness (QED) is 0.827. The largest absolute Gasteiger partial charge is 0.480 e. The van der Waals surface area contributed by atoms with E-state index in [4.69, 9.17) is 0 Å². The van der Waals surface area contributed by atoms with E-state index in [0.717, 1.165) is 10.6 Å². The van der Waals surface area contributed by atoms with Crippen molar-refractivity contribution in [3.8, 4) is 0 Å². The molecule has 3 rings (SSSR count). The highest BCUT2D eigenvalue weighted by Crippen LogP contribution is 2.45. The Hall–Kier alpha value is -1.54. The number of piperidine rings is 1. The number of carboxylic acid groups (broad SMARTS) is 1. The maximum absolute atomic E-state index is 13.3. The minimum absolute atomic E-state index is 0.0695. The first kappa shape index (κ1) is 15.4. The Morgan fingerprint density at radius 1 is 1.36 bits per heavy atom. The second-order valence-corrected chi connectivity index (χ2v) is 5.99. The molecule has 0 radical (unpaired) electrons. The molecular weight excluding hydrogens is 299 g/mol. The summed E-state index contributed by atoms with van der Waals surface area (Å²) in [6, 6.07) is 1.24. The van der Waals surface area contributed by atoms with Gasteiger partial charge in [0.15, 0.2) is 0 Å². The predicted molar refractivity (Wildman–Crippen MR) is 72.5 cm³/mol. The number of hydrogen-bond donors (Lipinski definition) is 2. The molecule has 2 aliphatic heterocycles. The molecule has 22 heavy (non-hydrogen) atoms. The molecule has 1 aromatic rings. The Labute approximate surface area is 125 Å². The lowest BCUT2D eigenvalue weighted by molar-refractivity contribution is -0.152. The molecule has 3 heterocycles. The second-order valence-electron chi connectivity index (χ2n) is 5.99. The maximum Gasteiger partial charge on any atom is 0.431 e. The third kappa shape index (κ3) is 2.13. The third-order valence-electron chi connectivity index (χ3n) is 4.89. The van der Waals surface area contributed by atoms with E-state index >= 15 is 0 Å². The Balaban J connectivity index is 2.19.